The summed E-state index contributed by atoms with van der Waals surface area (Å²) in [7, 11) is 1.66. The number of hydrogen-bond donors (Lipinski definition) is 1. The fourth-order valence-electron chi connectivity index (χ4n) is 3.83. The molecule has 4 rings (SSSR count). The van der Waals surface area contributed by atoms with Crippen LogP contribution >= 0.6 is 0 Å². The predicted octanol–water partition coefficient (Wildman–Crippen LogP) is 4.58. The summed E-state index contributed by atoms with van der Waals surface area (Å²) in [6.07, 6.45) is 2.83. The number of ether oxygens (including phenoxy) is 3. The molecule has 0 aliphatic carbocycles. The number of fused-ring (bicyclic) bond motifs is 1. The standard InChI is InChI=1S/C25H30N4O3/c1-4-31-23-11-6-18(14-24(23)32-5-2)16-29-13-12-22-19(17-29)15-26-25(28-22)27-20-7-9-21(30-3)10-8-20/h6-11,14-15H,4-5,12-13,16-17H2,1-3H3,(H,26,27,28). The van der Waals surface area contributed by atoms with Gasteiger partial charge in [-0.2, -0.15) is 0 Å². The monoisotopic (exact) mass is 434 g/mol. The van der Waals surface area contributed by atoms with Gasteiger partial charge in [0, 0.05) is 43.5 Å². The Labute approximate surface area is 189 Å². The van der Waals surface area contributed by atoms with E-state index in [-0.39, 0.29) is 0 Å². The van der Waals surface area contributed by atoms with Crippen molar-refractivity contribution in [1.82, 2.24) is 14.9 Å². The van der Waals surface area contributed by atoms with Crippen molar-refractivity contribution in [2.24, 2.45) is 0 Å². The third kappa shape index (κ3) is 5.29. The topological polar surface area (TPSA) is 68.7 Å². The number of methoxy groups -OCH3 is 1. The van der Waals surface area contributed by atoms with Crippen molar-refractivity contribution >= 4 is 11.6 Å². The summed E-state index contributed by atoms with van der Waals surface area (Å²) < 4.78 is 16.7. The van der Waals surface area contributed by atoms with Crippen LogP contribution in [0.15, 0.2) is 48.7 Å². The Balaban J connectivity index is 1.41. The van der Waals surface area contributed by atoms with Crippen LogP contribution in [0.5, 0.6) is 17.2 Å². The molecular weight excluding hydrogens is 404 g/mol. The van der Waals surface area contributed by atoms with Crippen LogP contribution in [0.1, 0.15) is 30.7 Å². The molecular formula is C25H30N4O3. The molecule has 1 aliphatic heterocycles. The second kappa shape index (κ2) is 10.3. The first-order chi connectivity index (χ1) is 15.7. The Morgan fingerprint density at radius 3 is 2.53 bits per heavy atom. The number of hydrogen-bond acceptors (Lipinski definition) is 7. The van der Waals surface area contributed by atoms with Crippen LogP contribution in [0.3, 0.4) is 0 Å². The van der Waals surface area contributed by atoms with Crippen molar-refractivity contribution in [3.8, 4) is 17.2 Å². The Hall–Kier alpha value is -3.32. The molecule has 0 amide bonds. The van der Waals surface area contributed by atoms with Gasteiger partial charge in [0.05, 0.1) is 26.0 Å². The summed E-state index contributed by atoms with van der Waals surface area (Å²) in [4.78, 5) is 11.7. The zero-order chi connectivity index (χ0) is 22.3. The van der Waals surface area contributed by atoms with Gasteiger partial charge in [-0.3, -0.25) is 4.90 Å². The SMILES string of the molecule is CCOc1ccc(CN2CCc3nc(Nc4ccc(OC)cc4)ncc3C2)cc1OCC. The average Bonchev–Trinajstić information content (AvgIpc) is 2.82. The van der Waals surface area contributed by atoms with Gasteiger partial charge < -0.3 is 19.5 Å². The van der Waals surface area contributed by atoms with Crippen LogP contribution < -0.4 is 19.5 Å². The normalized spacial score (nSPS) is 13.3. The lowest BCUT2D eigenvalue weighted by Gasteiger charge is -2.28. The van der Waals surface area contributed by atoms with Crippen LogP contribution in [0.4, 0.5) is 11.6 Å². The molecule has 2 heterocycles. The minimum atomic E-state index is 0.616. The van der Waals surface area contributed by atoms with Crippen molar-refractivity contribution in [2.45, 2.75) is 33.4 Å². The quantitative estimate of drug-likeness (QED) is 0.528. The van der Waals surface area contributed by atoms with Crippen molar-refractivity contribution in [3.05, 3.63) is 65.5 Å². The van der Waals surface area contributed by atoms with Gasteiger partial charge in [-0.25, -0.2) is 9.97 Å². The maximum atomic E-state index is 5.77. The molecule has 168 valence electrons. The van der Waals surface area contributed by atoms with Gasteiger partial charge in [0.2, 0.25) is 5.95 Å². The van der Waals surface area contributed by atoms with E-state index in [9.17, 15) is 0 Å². The number of anilines is 2. The van der Waals surface area contributed by atoms with Crippen LogP contribution in [0.25, 0.3) is 0 Å². The lowest BCUT2D eigenvalue weighted by Crippen LogP contribution is -2.31. The minimum absolute atomic E-state index is 0.616. The average molecular weight is 435 g/mol. The smallest absolute Gasteiger partial charge is 0.227 e. The molecule has 1 aliphatic rings. The van der Waals surface area contributed by atoms with Gasteiger partial charge in [0.25, 0.3) is 0 Å². The van der Waals surface area contributed by atoms with E-state index in [0.29, 0.717) is 19.2 Å². The lowest BCUT2D eigenvalue weighted by molar-refractivity contribution is 0.241. The maximum Gasteiger partial charge on any atom is 0.227 e. The molecule has 0 radical (unpaired) electrons. The molecule has 32 heavy (non-hydrogen) atoms. The molecule has 0 saturated heterocycles. The molecule has 3 aromatic rings. The zero-order valence-corrected chi connectivity index (χ0v) is 18.9. The van der Waals surface area contributed by atoms with Crippen LogP contribution in [0.2, 0.25) is 0 Å². The fraction of sp³-hybridized carbons (Fsp3) is 0.360. The maximum absolute atomic E-state index is 5.77. The van der Waals surface area contributed by atoms with Gasteiger partial charge >= 0.3 is 0 Å². The van der Waals surface area contributed by atoms with Crippen molar-refractivity contribution in [1.29, 1.82) is 0 Å². The molecule has 0 atom stereocenters. The number of nitrogens with one attached hydrogen (secondary N) is 1. The van der Waals surface area contributed by atoms with Crippen LogP contribution in [0, 0.1) is 0 Å². The highest BCUT2D eigenvalue weighted by atomic mass is 16.5. The van der Waals surface area contributed by atoms with E-state index in [1.54, 1.807) is 7.11 Å². The van der Waals surface area contributed by atoms with Crippen LogP contribution in [-0.2, 0) is 19.5 Å². The summed E-state index contributed by atoms with van der Waals surface area (Å²) in [6, 6.07) is 13.9. The van der Waals surface area contributed by atoms with Gasteiger partial charge in [-0.1, -0.05) is 6.07 Å². The van der Waals surface area contributed by atoms with E-state index in [1.807, 2.05) is 50.4 Å². The first-order valence-electron chi connectivity index (χ1n) is 11.0. The van der Waals surface area contributed by atoms with Gasteiger partial charge in [0.15, 0.2) is 11.5 Å². The number of aromatic nitrogens is 2. The van der Waals surface area contributed by atoms with E-state index in [0.717, 1.165) is 54.7 Å². The molecule has 0 unspecified atom stereocenters. The van der Waals surface area contributed by atoms with Crippen LogP contribution in [-0.4, -0.2) is 41.7 Å². The predicted molar refractivity (Wildman–Crippen MR) is 125 cm³/mol. The minimum Gasteiger partial charge on any atom is -0.497 e. The van der Waals surface area contributed by atoms with E-state index < -0.39 is 0 Å². The third-order valence-corrected chi connectivity index (χ3v) is 5.37. The molecule has 7 nitrogen and oxygen atoms in total. The summed E-state index contributed by atoms with van der Waals surface area (Å²) >= 11 is 0. The summed E-state index contributed by atoms with van der Waals surface area (Å²) in [5.41, 5.74) is 4.42. The first-order valence-corrected chi connectivity index (χ1v) is 11.0. The van der Waals surface area contributed by atoms with E-state index in [1.165, 1.54) is 11.1 Å². The second-order valence-electron chi connectivity index (χ2n) is 7.63. The highest BCUT2D eigenvalue weighted by molar-refractivity contribution is 5.54. The molecule has 2 aromatic carbocycles. The highest BCUT2D eigenvalue weighted by Crippen LogP contribution is 2.30. The van der Waals surface area contributed by atoms with E-state index in [4.69, 9.17) is 19.2 Å². The Morgan fingerprint density at radius 2 is 1.78 bits per heavy atom. The zero-order valence-electron chi connectivity index (χ0n) is 18.9. The molecule has 0 saturated carbocycles. The Kier molecular flexibility index (Phi) is 7.07. The van der Waals surface area contributed by atoms with Gasteiger partial charge in [-0.05, 0) is 55.8 Å². The van der Waals surface area contributed by atoms with Gasteiger partial charge in [-0.15, -0.1) is 0 Å². The highest BCUT2D eigenvalue weighted by Gasteiger charge is 2.19. The van der Waals surface area contributed by atoms with Crippen molar-refractivity contribution in [2.75, 3.05) is 32.2 Å². The van der Waals surface area contributed by atoms with Crippen molar-refractivity contribution < 1.29 is 14.2 Å². The number of nitrogens with zero attached hydrogens (tertiary/aromatic N) is 3. The Bertz CT molecular complexity index is 1040. The molecule has 1 N–H and O–H groups in total. The summed E-state index contributed by atoms with van der Waals surface area (Å²) in [5.74, 6) is 3.05. The molecule has 0 fully saturated rings. The van der Waals surface area contributed by atoms with Crippen molar-refractivity contribution in [3.63, 3.8) is 0 Å². The summed E-state index contributed by atoms with van der Waals surface area (Å²) in [6.45, 7) is 7.83. The molecule has 0 bridgehead atoms. The lowest BCUT2D eigenvalue weighted by atomic mass is 10.1. The summed E-state index contributed by atoms with van der Waals surface area (Å²) in [5, 5.41) is 3.27. The largest absolute Gasteiger partial charge is 0.497 e. The van der Waals surface area contributed by atoms with Gasteiger partial charge in [0.1, 0.15) is 5.75 Å². The Morgan fingerprint density at radius 1 is 1.00 bits per heavy atom. The van der Waals surface area contributed by atoms with E-state index >= 15 is 0 Å². The third-order valence-electron chi connectivity index (χ3n) is 5.37. The fourth-order valence-corrected chi connectivity index (χ4v) is 3.83. The molecule has 0 spiro atoms. The number of rotatable bonds is 9. The van der Waals surface area contributed by atoms with E-state index in [2.05, 4.69) is 27.3 Å². The first kappa shape index (κ1) is 21.9. The molecule has 7 heteroatoms. The number of benzene rings is 2. The second-order valence-corrected chi connectivity index (χ2v) is 7.63. The molecule has 1 aromatic heterocycles.